The van der Waals surface area contributed by atoms with Gasteiger partial charge in [-0.2, -0.15) is 0 Å². The zero-order valence-electron chi connectivity index (χ0n) is 12.7. The average molecular weight is 287 g/mol. The van der Waals surface area contributed by atoms with Crippen LogP contribution < -0.4 is 0 Å². The summed E-state index contributed by atoms with van der Waals surface area (Å²) in [5.74, 6) is -0.230. The predicted molar refractivity (Wildman–Crippen MR) is 81.9 cm³/mol. The number of rotatable bonds is 2. The maximum atomic E-state index is 5.90. The Bertz CT molecular complexity index is 471. The summed E-state index contributed by atoms with van der Waals surface area (Å²) in [4.78, 5) is 2.73. The van der Waals surface area contributed by atoms with E-state index in [1.807, 2.05) is 0 Å². The van der Waals surface area contributed by atoms with Gasteiger partial charge in [0.25, 0.3) is 0 Å². The van der Waals surface area contributed by atoms with Gasteiger partial charge < -0.3 is 9.47 Å². The fraction of sp³-hybridized carbons (Fsp3) is 0.667. The molecule has 0 unspecified atom stereocenters. The van der Waals surface area contributed by atoms with Crippen LogP contribution in [0.25, 0.3) is 0 Å². The summed E-state index contributed by atoms with van der Waals surface area (Å²) >= 11 is 0. The lowest BCUT2D eigenvalue weighted by Crippen LogP contribution is -2.50. The Balaban J connectivity index is 1.46. The standard InChI is InChI=1S/C18H25NO2/c1-2-5-16(6-3-1)15-19-12-4-7-17(19)8-10-18(11-9-17)20-13-14-21-18/h1-3,5-6H,4,7-15H2. The second kappa shape index (κ2) is 5.38. The molecule has 4 rings (SSSR count). The predicted octanol–water partition coefficient (Wildman–Crippen LogP) is 3.34. The molecule has 3 heteroatoms. The molecule has 3 aliphatic rings. The third kappa shape index (κ3) is 2.52. The SMILES string of the molecule is c1ccc(CN2CCCC23CCC2(CC3)OCCO2)cc1. The van der Waals surface area contributed by atoms with Crippen molar-refractivity contribution < 1.29 is 9.47 Å². The molecule has 1 aromatic carbocycles. The van der Waals surface area contributed by atoms with Gasteiger partial charge in [0.2, 0.25) is 0 Å². The third-order valence-electron chi connectivity index (χ3n) is 5.71. The highest BCUT2D eigenvalue weighted by Crippen LogP contribution is 2.47. The molecule has 0 N–H and O–H groups in total. The van der Waals surface area contributed by atoms with Crippen LogP contribution in [-0.2, 0) is 16.0 Å². The quantitative estimate of drug-likeness (QED) is 0.832. The van der Waals surface area contributed by atoms with Gasteiger partial charge in [-0.25, -0.2) is 0 Å². The highest BCUT2D eigenvalue weighted by atomic mass is 16.7. The molecule has 2 aliphatic heterocycles. The molecule has 0 bridgehead atoms. The van der Waals surface area contributed by atoms with E-state index in [4.69, 9.17) is 9.47 Å². The Kier molecular flexibility index (Phi) is 3.52. The van der Waals surface area contributed by atoms with Gasteiger partial charge in [0.15, 0.2) is 5.79 Å². The van der Waals surface area contributed by atoms with Crippen molar-refractivity contribution in [3.8, 4) is 0 Å². The molecule has 0 atom stereocenters. The van der Waals surface area contributed by atoms with E-state index >= 15 is 0 Å². The third-order valence-corrected chi connectivity index (χ3v) is 5.71. The van der Waals surface area contributed by atoms with Gasteiger partial charge >= 0.3 is 0 Å². The van der Waals surface area contributed by atoms with E-state index in [9.17, 15) is 0 Å². The number of ether oxygens (including phenoxy) is 2. The van der Waals surface area contributed by atoms with E-state index in [-0.39, 0.29) is 5.79 Å². The maximum Gasteiger partial charge on any atom is 0.168 e. The van der Waals surface area contributed by atoms with Gasteiger partial charge in [-0.1, -0.05) is 30.3 Å². The minimum absolute atomic E-state index is 0.230. The Morgan fingerprint density at radius 1 is 0.905 bits per heavy atom. The maximum absolute atomic E-state index is 5.90. The molecule has 1 saturated carbocycles. The highest BCUT2D eigenvalue weighted by molar-refractivity contribution is 5.16. The van der Waals surface area contributed by atoms with Gasteiger partial charge in [0.05, 0.1) is 13.2 Å². The first-order chi connectivity index (χ1) is 10.3. The fourth-order valence-electron chi connectivity index (χ4n) is 4.49. The first-order valence-corrected chi connectivity index (χ1v) is 8.37. The van der Waals surface area contributed by atoms with Gasteiger partial charge in [-0.15, -0.1) is 0 Å². The van der Waals surface area contributed by atoms with Crippen molar-refractivity contribution >= 4 is 0 Å². The Hall–Kier alpha value is -0.900. The van der Waals surface area contributed by atoms with Crippen LogP contribution in [0.1, 0.15) is 44.1 Å². The molecule has 1 aliphatic carbocycles. The molecule has 3 nitrogen and oxygen atoms in total. The molecule has 2 spiro atoms. The van der Waals surface area contributed by atoms with E-state index in [2.05, 4.69) is 35.2 Å². The lowest BCUT2D eigenvalue weighted by molar-refractivity contribution is -0.192. The number of hydrogen-bond acceptors (Lipinski definition) is 3. The van der Waals surface area contributed by atoms with E-state index < -0.39 is 0 Å². The van der Waals surface area contributed by atoms with Gasteiger partial charge in [-0.3, -0.25) is 4.90 Å². The van der Waals surface area contributed by atoms with Gasteiger partial charge in [0.1, 0.15) is 0 Å². The molecule has 2 saturated heterocycles. The first-order valence-electron chi connectivity index (χ1n) is 8.37. The van der Waals surface area contributed by atoms with Crippen LogP contribution in [0, 0.1) is 0 Å². The largest absolute Gasteiger partial charge is 0.348 e. The van der Waals surface area contributed by atoms with Crippen LogP contribution in [0.2, 0.25) is 0 Å². The monoisotopic (exact) mass is 287 g/mol. The zero-order valence-corrected chi connectivity index (χ0v) is 12.7. The van der Waals surface area contributed by atoms with Crippen LogP contribution in [0.5, 0.6) is 0 Å². The van der Waals surface area contributed by atoms with E-state index in [1.54, 1.807) is 0 Å². The average Bonchev–Trinajstić information content (AvgIpc) is 3.13. The number of benzene rings is 1. The van der Waals surface area contributed by atoms with E-state index in [1.165, 1.54) is 37.8 Å². The minimum Gasteiger partial charge on any atom is -0.348 e. The minimum atomic E-state index is -0.230. The van der Waals surface area contributed by atoms with Crippen molar-refractivity contribution in [2.24, 2.45) is 0 Å². The molecule has 0 radical (unpaired) electrons. The van der Waals surface area contributed by atoms with Crippen LogP contribution >= 0.6 is 0 Å². The number of hydrogen-bond donors (Lipinski definition) is 0. The smallest absolute Gasteiger partial charge is 0.168 e. The molecule has 3 fully saturated rings. The molecule has 1 aromatic rings. The van der Waals surface area contributed by atoms with Crippen molar-refractivity contribution in [1.29, 1.82) is 0 Å². The summed E-state index contributed by atoms with van der Waals surface area (Å²) in [7, 11) is 0. The summed E-state index contributed by atoms with van der Waals surface area (Å²) < 4.78 is 11.8. The molecule has 2 heterocycles. The Morgan fingerprint density at radius 2 is 1.62 bits per heavy atom. The summed E-state index contributed by atoms with van der Waals surface area (Å²) in [5.41, 5.74) is 1.84. The highest BCUT2D eigenvalue weighted by Gasteiger charge is 2.50. The lowest BCUT2D eigenvalue weighted by Gasteiger charge is -2.46. The van der Waals surface area contributed by atoms with E-state index in [0.29, 0.717) is 5.54 Å². The second-order valence-electron chi connectivity index (χ2n) is 6.84. The van der Waals surface area contributed by atoms with E-state index in [0.717, 1.165) is 32.6 Å². The molecular weight excluding hydrogens is 262 g/mol. The zero-order chi connectivity index (χ0) is 14.2. The van der Waals surface area contributed by atoms with Crippen molar-refractivity contribution in [3.05, 3.63) is 35.9 Å². The fourth-order valence-corrected chi connectivity index (χ4v) is 4.49. The summed E-state index contributed by atoms with van der Waals surface area (Å²) in [6, 6.07) is 10.9. The van der Waals surface area contributed by atoms with Crippen LogP contribution in [0.4, 0.5) is 0 Å². The summed E-state index contributed by atoms with van der Waals surface area (Å²) in [6.45, 7) is 3.89. The van der Waals surface area contributed by atoms with Gasteiger partial charge in [0, 0.05) is 24.9 Å². The summed E-state index contributed by atoms with van der Waals surface area (Å²) in [5, 5.41) is 0. The van der Waals surface area contributed by atoms with Crippen molar-refractivity contribution in [3.63, 3.8) is 0 Å². The number of likely N-dealkylation sites (tertiary alicyclic amines) is 1. The van der Waals surface area contributed by atoms with Crippen LogP contribution in [0.15, 0.2) is 30.3 Å². The van der Waals surface area contributed by atoms with Crippen molar-refractivity contribution in [2.75, 3.05) is 19.8 Å². The summed E-state index contributed by atoms with van der Waals surface area (Å²) in [6.07, 6.45) is 7.26. The lowest BCUT2D eigenvalue weighted by atomic mass is 9.77. The van der Waals surface area contributed by atoms with Crippen molar-refractivity contribution in [2.45, 2.75) is 56.4 Å². The van der Waals surface area contributed by atoms with Crippen molar-refractivity contribution in [1.82, 2.24) is 4.90 Å². The topological polar surface area (TPSA) is 21.7 Å². The molecule has 21 heavy (non-hydrogen) atoms. The molecule has 0 amide bonds. The second-order valence-corrected chi connectivity index (χ2v) is 6.84. The Labute approximate surface area is 127 Å². The molecule has 114 valence electrons. The molecule has 0 aromatic heterocycles. The Morgan fingerprint density at radius 3 is 2.33 bits per heavy atom. The van der Waals surface area contributed by atoms with Crippen LogP contribution in [-0.4, -0.2) is 36.0 Å². The number of nitrogens with zero attached hydrogens (tertiary/aromatic N) is 1. The normalized spacial score (nSPS) is 27.6. The molecular formula is C18H25NO2. The first kappa shape index (κ1) is 13.7. The van der Waals surface area contributed by atoms with Crippen LogP contribution in [0.3, 0.4) is 0 Å². The van der Waals surface area contributed by atoms with Gasteiger partial charge in [-0.05, 0) is 37.8 Å².